The summed E-state index contributed by atoms with van der Waals surface area (Å²) < 4.78 is 32.6. The summed E-state index contributed by atoms with van der Waals surface area (Å²) in [6.07, 6.45) is 2.13. The molecule has 17 heteroatoms. The van der Waals surface area contributed by atoms with E-state index in [1.165, 1.54) is 0 Å². The summed E-state index contributed by atoms with van der Waals surface area (Å²) in [5.74, 6) is 0.759. The predicted octanol–water partition coefficient (Wildman–Crippen LogP) is 8.10. The van der Waals surface area contributed by atoms with Gasteiger partial charge in [-0.1, -0.05) is 84.9 Å². The van der Waals surface area contributed by atoms with Gasteiger partial charge in [-0.15, -0.1) is 0 Å². The van der Waals surface area contributed by atoms with Crippen LogP contribution in [-0.2, 0) is 39.7 Å². The molecular formula is C52H70N4O11S2. The number of carbonyl (C=O) groups excluding carboxylic acids is 4. The van der Waals surface area contributed by atoms with Crippen LogP contribution in [0.3, 0.4) is 0 Å². The van der Waals surface area contributed by atoms with E-state index in [0.29, 0.717) is 57.1 Å². The van der Waals surface area contributed by atoms with Crippen molar-refractivity contribution in [2.45, 2.75) is 89.9 Å². The Morgan fingerprint density at radius 2 is 1.19 bits per heavy atom. The van der Waals surface area contributed by atoms with Gasteiger partial charge in [-0.2, -0.15) is 27.0 Å². The molecule has 0 radical (unpaired) electrons. The van der Waals surface area contributed by atoms with Crippen LogP contribution in [0.1, 0.15) is 94.6 Å². The van der Waals surface area contributed by atoms with Crippen molar-refractivity contribution in [2.75, 3.05) is 65.7 Å². The van der Waals surface area contributed by atoms with Gasteiger partial charge >= 0.3 is 18.2 Å². The van der Waals surface area contributed by atoms with E-state index in [2.05, 4.69) is 5.32 Å². The molecule has 3 amide bonds. The Balaban J connectivity index is 0.000000262. The summed E-state index contributed by atoms with van der Waals surface area (Å²) >= 11 is 0. The molecule has 4 aliphatic heterocycles. The minimum atomic E-state index is -0.626. The molecule has 4 aromatic carbocycles. The third-order valence-electron chi connectivity index (χ3n) is 12.5. The Hall–Kier alpha value is -5.46. The normalized spacial score (nSPS) is 21.7. The minimum absolute atomic E-state index is 0. The number of carbonyl (C=O) groups is 4. The highest BCUT2D eigenvalue weighted by molar-refractivity contribution is 7.59. The highest BCUT2D eigenvalue weighted by atomic mass is 32.1. The summed E-state index contributed by atoms with van der Waals surface area (Å²) in [6.45, 7) is 14.7. The second-order valence-electron chi connectivity index (χ2n) is 17.3. The maximum atomic E-state index is 12.9. The van der Waals surface area contributed by atoms with Gasteiger partial charge in [0.15, 0.2) is 19.5 Å². The molecule has 4 aliphatic rings. The molecular weight excluding hydrogens is 921 g/mol. The molecule has 0 aromatic heterocycles. The standard InChI is InChI=1S/C25H31N3O4.C23H27NO5.C4H8O2.2H2S/c1-19(28-14-11-25(2,32-24(28)30)21-8-4-3-5-9-21)20-7-6-10-22(17-20)31-18-23(29)27-15-12-26-13-16-27;1-4-27-21(25)16-28-20-12-8-9-18(15-20)17(2)24-14-13-23(3,29-22(24)26)19-10-6-5-7-11-19;5-4-2-1-3-6-4;;/h3-10,17,19,26H,11-16,18H2,1-2H3;5-12,15,17H,4,13-14,16H2,1-3H3;4-5H,1-3H2;2*1H2/t19-,25?;17-,23?;;;/m00.../s1. The molecule has 5 atom stereocenters. The van der Waals surface area contributed by atoms with E-state index >= 15 is 0 Å². The number of piperazine rings is 1. The van der Waals surface area contributed by atoms with Crippen LogP contribution in [0.15, 0.2) is 109 Å². The molecule has 0 saturated carbocycles. The average Bonchev–Trinajstić information content (AvgIpc) is 3.84. The zero-order chi connectivity index (χ0) is 47.8. The molecule has 4 saturated heterocycles. The van der Waals surface area contributed by atoms with Crippen molar-refractivity contribution >= 4 is 51.1 Å². The number of hydrogen-bond acceptors (Lipinski definition) is 12. The first kappa shape index (κ1) is 56.1. The van der Waals surface area contributed by atoms with Gasteiger partial charge in [0.1, 0.15) is 22.7 Å². The van der Waals surface area contributed by atoms with E-state index in [1.54, 1.807) is 22.8 Å². The second kappa shape index (κ2) is 27.1. The highest BCUT2D eigenvalue weighted by Crippen LogP contribution is 2.38. The van der Waals surface area contributed by atoms with Gasteiger partial charge in [0.25, 0.3) is 5.91 Å². The second-order valence-corrected chi connectivity index (χ2v) is 17.3. The largest absolute Gasteiger partial charge is 0.484 e. The van der Waals surface area contributed by atoms with Crippen LogP contribution in [0, 0.1) is 0 Å². The Kier molecular flexibility index (Phi) is 22.0. The monoisotopic (exact) mass is 990 g/mol. The first-order valence-corrected chi connectivity index (χ1v) is 23.3. The maximum Gasteiger partial charge on any atom is 0.411 e. The fourth-order valence-corrected chi connectivity index (χ4v) is 8.29. The van der Waals surface area contributed by atoms with Gasteiger partial charge < -0.3 is 53.5 Å². The van der Waals surface area contributed by atoms with Crippen molar-refractivity contribution in [2.24, 2.45) is 0 Å². The fourth-order valence-electron chi connectivity index (χ4n) is 8.29. The van der Waals surface area contributed by atoms with Crippen LogP contribution in [0.2, 0.25) is 0 Å². The molecule has 8 rings (SSSR count). The van der Waals surface area contributed by atoms with Crippen LogP contribution in [0.25, 0.3) is 0 Å². The molecule has 15 nitrogen and oxygen atoms in total. The summed E-state index contributed by atoms with van der Waals surface area (Å²) in [6, 6.07) is 34.3. The number of hydrogen-bond donors (Lipinski definition) is 2. The third-order valence-corrected chi connectivity index (χ3v) is 12.5. The zero-order valence-electron chi connectivity index (χ0n) is 40.4. The van der Waals surface area contributed by atoms with Crippen molar-refractivity contribution in [1.82, 2.24) is 20.0 Å². The SMILES string of the molecule is CCOC(=O)COc1cccc([C@H](C)N2CCC(C)(c3ccccc3)OC2=O)c1.C[C@@H](c1cccc(OCC(=O)N2CCNCC2)c1)N1CCC(C)(c2ccccc2)OC1=O.OC1CCCO1.S.S. The Labute approximate surface area is 420 Å². The van der Waals surface area contributed by atoms with E-state index < -0.39 is 23.5 Å². The number of aliphatic hydroxyl groups is 1. The van der Waals surface area contributed by atoms with Gasteiger partial charge in [0, 0.05) is 65.1 Å². The number of nitrogens with zero attached hydrogens (tertiary/aromatic N) is 3. The van der Waals surface area contributed by atoms with E-state index in [9.17, 15) is 19.2 Å². The number of cyclic esters (lactones) is 2. The summed E-state index contributed by atoms with van der Waals surface area (Å²) in [4.78, 5) is 54.8. The summed E-state index contributed by atoms with van der Waals surface area (Å²) in [5.41, 5.74) is 2.60. The number of ether oxygens (including phenoxy) is 6. The van der Waals surface area contributed by atoms with Crippen molar-refractivity contribution in [3.8, 4) is 11.5 Å². The molecule has 0 bridgehead atoms. The van der Waals surface area contributed by atoms with Crippen LogP contribution < -0.4 is 14.8 Å². The number of benzene rings is 4. The lowest BCUT2D eigenvalue weighted by molar-refractivity contribution is -0.145. The third kappa shape index (κ3) is 15.8. The van der Waals surface area contributed by atoms with Gasteiger partial charge in [-0.3, -0.25) is 4.79 Å². The lowest BCUT2D eigenvalue weighted by Crippen LogP contribution is -2.48. The van der Waals surface area contributed by atoms with Gasteiger partial charge in [0.2, 0.25) is 0 Å². The fraction of sp³-hybridized carbons (Fsp3) is 0.462. The lowest BCUT2D eigenvalue weighted by Gasteiger charge is -2.41. The number of rotatable bonds is 13. The van der Waals surface area contributed by atoms with Crippen molar-refractivity contribution in [3.05, 3.63) is 131 Å². The van der Waals surface area contributed by atoms with Gasteiger partial charge in [-0.25, -0.2) is 14.4 Å². The number of amides is 3. The number of nitrogens with one attached hydrogen (secondary N) is 1. The van der Waals surface area contributed by atoms with Crippen LogP contribution in [-0.4, -0.2) is 116 Å². The minimum Gasteiger partial charge on any atom is -0.484 e. The molecule has 376 valence electrons. The topological polar surface area (TPSA) is 166 Å². The van der Waals surface area contributed by atoms with Crippen molar-refractivity contribution in [3.63, 3.8) is 0 Å². The van der Waals surface area contributed by atoms with E-state index in [4.69, 9.17) is 33.5 Å². The Morgan fingerprint density at radius 3 is 1.59 bits per heavy atom. The molecule has 0 spiro atoms. The van der Waals surface area contributed by atoms with Gasteiger partial charge in [0.05, 0.1) is 18.7 Å². The molecule has 4 fully saturated rings. The first-order chi connectivity index (χ1) is 32.3. The Bertz CT molecular complexity index is 2230. The molecule has 4 aromatic rings. The molecule has 0 aliphatic carbocycles. The van der Waals surface area contributed by atoms with Crippen molar-refractivity contribution < 1.29 is 52.7 Å². The molecule has 69 heavy (non-hydrogen) atoms. The smallest absolute Gasteiger partial charge is 0.411 e. The van der Waals surface area contributed by atoms with Crippen molar-refractivity contribution in [1.29, 1.82) is 0 Å². The predicted molar refractivity (Wildman–Crippen MR) is 272 cm³/mol. The van der Waals surface area contributed by atoms with Crippen LogP contribution >= 0.6 is 27.0 Å². The maximum absolute atomic E-state index is 12.9. The zero-order valence-corrected chi connectivity index (χ0v) is 42.4. The quantitative estimate of drug-likeness (QED) is 0.0979. The lowest BCUT2D eigenvalue weighted by atomic mass is 9.90. The van der Waals surface area contributed by atoms with E-state index in [0.717, 1.165) is 54.8 Å². The highest BCUT2D eigenvalue weighted by Gasteiger charge is 2.41. The molecule has 3 unspecified atom stereocenters. The van der Waals surface area contributed by atoms with Crippen LogP contribution in [0.5, 0.6) is 11.5 Å². The van der Waals surface area contributed by atoms with E-state index in [-0.39, 0.29) is 70.4 Å². The number of aliphatic hydroxyl groups excluding tert-OH is 1. The number of esters is 1. The first-order valence-electron chi connectivity index (χ1n) is 23.3. The summed E-state index contributed by atoms with van der Waals surface area (Å²) in [5, 5.41) is 11.7. The molecule has 2 N–H and O–H groups in total. The molecule has 4 heterocycles. The van der Waals surface area contributed by atoms with E-state index in [1.807, 2.05) is 136 Å². The van der Waals surface area contributed by atoms with Crippen LogP contribution in [0.4, 0.5) is 9.59 Å². The average molecular weight is 991 g/mol. The van der Waals surface area contributed by atoms with Gasteiger partial charge in [-0.05, 0) is 87.6 Å². The Morgan fingerprint density at radius 1 is 0.710 bits per heavy atom. The summed E-state index contributed by atoms with van der Waals surface area (Å²) in [7, 11) is 0.